The van der Waals surface area contributed by atoms with Crippen molar-refractivity contribution in [1.29, 1.82) is 0 Å². The van der Waals surface area contributed by atoms with E-state index in [4.69, 9.17) is 4.74 Å². The highest BCUT2D eigenvalue weighted by Crippen LogP contribution is 2.29. The molecule has 4 aromatic rings. The minimum atomic E-state index is 0.583. The summed E-state index contributed by atoms with van der Waals surface area (Å²) in [5.74, 6) is 1.89. The molecule has 0 spiro atoms. The van der Waals surface area contributed by atoms with Crippen molar-refractivity contribution in [3.05, 3.63) is 95.1 Å². The van der Waals surface area contributed by atoms with E-state index in [9.17, 15) is 0 Å². The molecule has 0 radical (unpaired) electrons. The number of rotatable bonds is 5. The molecule has 1 aliphatic heterocycles. The van der Waals surface area contributed by atoms with Crippen molar-refractivity contribution < 1.29 is 4.74 Å². The number of hydrogen-bond acceptors (Lipinski definition) is 5. The van der Waals surface area contributed by atoms with Gasteiger partial charge >= 0.3 is 0 Å². The molecule has 0 amide bonds. The molecule has 0 N–H and O–H groups in total. The number of hydrogen-bond donors (Lipinski definition) is 0. The summed E-state index contributed by atoms with van der Waals surface area (Å²) in [4.78, 5) is 12.5. The lowest BCUT2D eigenvalue weighted by atomic mass is 9.99. The van der Waals surface area contributed by atoms with Crippen molar-refractivity contribution in [3.8, 4) is 16.3 Å². The largest absolute Gasteiger partial charge is 0.489 e. The van der Waals surface area contributed by atoms with Gasteiger partial charge in [-0.25, -0.2) is 9.97 Å². The quantitative estimate of drug-likeness (QED) is 0.454. The van der Waals surface area contributed by atoms with Crippen LogP contribution in [-0.2, 0) is 19.6 Å². The second-order valence-corrected chi connectivity index (χ2v) is 8.06. The molecule has 1 aliphatic rings. The fourth-order valence-corrected chi connectivity index (χ4v) is 4.33. The van der Waals surface area contributed by atoms with Crippen LogP contribution in [-0.4, -0.2) is 16.5 Å². The molecule has 3 heterocycles. The number of fused-ring (bicyclic) bond motifs is 1. The number of ether oxygens (including phenoxy) is 1. The van der Waals surface area contributed by atoms with Crippen molar-refractivity contribution in [3.63, 3.8) is 0 Å². The summed E-state index contributed by atoms with van der Waals surface area (Å²) in [6.45, 7) is 2.37. The molecular formula is C24H21N3OS. The van der Waals surface area contributed by atoms with Gasteiger partial charge in [0.05, 0.1) is 10.6 Å². The van der Waals surface area contributed by atoms with E-state index in [0.29, 0.717) is 6.61 Å². The Morgan fingerprint density at radius 2 is 1.86 bits per heavy atom. The number of thiophene rings is 1. The predicted molar refractivity (Wildman–Crippen MR) is 117 cm³/mol. The summed E-state index contributed by atoms with van der Waals surface area (Å²) >= 11 is 1.70. The first-order valence-corrected chi connectivity index (χ1v) is 10.6. The smallest absolute Gasteiger partial charge is 0.132 e. The Balaban J connectivity index is 1.33. The van der Waals surface area contributed by atoms with Crippen LogP contribution in [0.3, 0.4) is 0 Å². The van der Waals surface area contributed by atoms with E-state index in [2.05, 4.69) is 68.8 Å². The van der Waals surface area contributed by atoms with Gasteiger partial charge in [0.25, 0.3) is 0 Å². The van der Waals surface area contributed by atoms with E-state index in [1.54, 1.807) is 17.7 Å². The predicted octanol–water partition coefficient (Wildman–Crippen LogP) is 5.35. The van der Waals surface area contributed by atoms with Crippen LogP contribution in [0.15, 0.2) is 78.4 Å². The Hall–Kier alpha value is -3.18. The second-order valence-electron chi connectivity index (χ2n) is 7.12. The monoisotopic (exact) mass is 399 g/mol. The molecule has 0 saturated carbocycles. The van der Waals surface area contributed by atoms with Crippen molar-refractivity contribution in [2.45, 2.75) is 19.6 Å². The van der Waals surface area contributed by atoms with Crippen molar-refractivity contribution in [1.82, 2.24) is 9.97 Å². The van der Waals surface area contributed by atoms with Crippen LogP contribution in [0.4, 0.5) is 5.82 Å². The van der Waals surface area contributed by atoms with Crippen LogP contribution in [0.1, 0.15) is 16.7 Å². The lowest BCUT2D eigenvalue weighted by Crippen LogP contribution is -2.31. The Kier molecular flexibility index (Phi) is 4.97. The maximum atomic E-state index is 6.02. The van der Waals surface area contributed by atoms with Crippen molar-refractivity contribution in [2.75, 3.05) is 11.4 Å². The molecular weight excluding hydrogens is 378 g/mol. The fourth-order valence-electron chi connectivity index (χ4n) is 3.64. The third-order valence-corrected chi connectivity index (χ3v) is 6.08. The Labute approximate surface area is 174 Å². The fraction of sp³-hybridized carbons (Fsp3) is 0.167. The van der Waals surface area contributed by atoms with Crippen LogP contribution < -0.4 is 9.64 Å². The first kappa shape index (κ1) is 17.9. The SMILES string of the molecule is c1ccc(COc2ccc3c(c2)CN(c2cc(-c4cccs4)ncn2)CC3)cc1. The molecule has 4 nitrogen and oxygen atoms in total. The summed E-state index contributed by atoms with van der Waals surface area (Å²) in [7, 11) is 0. The van der Waals surface area contributed by atoms with Crippen molar-refractivity contribution >= 4 is 17.2 Å². The van der Waals surface area contributed by atoms with Crippen LogP contribution in [0.25, 0.3) is 10.6 Å². The van der Waals surface area contributed by atoms with Crippen LogP contribution >= 0.6 is 11.3 Å². The van der Waals surface area contributed by atoms with E-state index in [0.717, 1.165) is 36.8 Å². The van der Waals surface area contributed by atoms with Gasteiger partial charge in [-0.05, 0) is 46.7 Å². The molecule has 0 fully saturated rings. The highest BCUT2D eigenvalue weighted by Gasteiger charge is 2.19. The molecule has 0 bridgehead atoms. The number of benzene rings is 2. The Bertz CT molecular complexity index is 1100. The summed E-state index contributed by atoms with van der Waals surface area (Å²) in [6.07, 6.45) is 2.67. The Morgan fingerprint density at radius 3 is 2.72 bits per heavy atom. The molecule has 5 rings (SSSR count). The van der Waals surface area contributed by atoms with E-state index in [1.165, 1.54) is 21.6 Å². The third-order valence-electron chi connectivity index (χ3n) is 5.19. The molecule has 0 atom stereocenters. The Morgan fingerprint density at radius 1 is 0.931 bits per heavy atom. The minimum absolute atomic E-state index is 0.583. The average Bonchev–Trinajstić information content (AvgIpc) is 3.33. The minimum Gasteiger partial charge on any atom is -0.489 e. The standard InChI is InChI=1S/C24H21N3OS/c1-2-5-18(6-3-1)16-28-21-9-8-19-10-11-27(15-20(19)13-21)24-14-22(25-17-26-24)23-7-4-12-29-23/h1-9,12-14,17H,10-11,15-16H2. The average molecular weight is 400 g/mol. The molecule has 144 valence electrons. The molecule has 0 saturated heterocycles. The second kappa shape index (κ2) is 8.05. The van der Waals surface area contributed by atoms with E-state index >= 15 is 0 Å². The van der Waals surface area contributed by atoms with Gasteiger partial charge in [0.2, 0.25) is 0 Å². The first-order valence-electron chi connectivity index (χ1n) is 9.74. The molecule has 29 heavy (non-hydrogen) atoms. The molecule has 0 unspecified atom stereocenters. The van der Waals surface area contributed by atoms with Crippen LogP contribution in [0.5, 0.6) is 5.75 Å². The zero-order chi connectivity index (χ0) is 19.5. The highest BCUT2D eigenvalue weighted by atomic mass is 32.1. The molecule has 0 aliphatic carbocycles. The van der Waals surface area contributed by atoms with Gasteiger partial charge in [-0.3, -0.25) is 0 Å². The topological polar surface area (TPSA) is 38.2 Å². The molecule has 2 aromatic carbocycles. The maximum absolute atomic E-state index is 6.02. The first-order chi connectivity index (χ1) is 14.3. The zero-order valence-electron chi connectivity index (χ0n) is 16.0. The van der Waals surface area contributed by atoms with Gasteiger partial charge in [0.1, 0.15) is 24.5 Å². The van der Waals surface area contributed by atoms with Gasteiger partial charge in [0.15, 0.2) is 0 Å². The van der Waals surface area contributed by atoms with Gasteiger partial charge in [-0.1, -0.05) is 42.5 Å². The summed E-state index contributed by atoms with van der Waals surface area (Å²) < 4.78 is 6.02. The summed E-state index contributed by atoms with van der Waals surface area (Å²) in [5, 5.41) is 2.07. The van der Waals surface area contributed by atoms with Crippen molar-refractivity contribution in [2.24, 2.45) is 0 Å². The third kappa shape index (κ3) is 4.00. The number of anilines is 1. The molecule has 5 heteroatoms. The lowest BCUT2D eigenvalue weighted by molar-refractivity contribution is 0.305. The van der Waals surface area contributed by atoms with E-state index in [-0.39, 0.29) is 0 Å². The highest BCUT2D eigenvalue weighted by molar-refractivity contribution is 7.13. The van der Waals surface area contributed by atoms with Gasteiger partial charge in [0, 0.05) is 19.2 Å². The zero-order valence-corrected chi connectivity index (χ0v) is 16.8. The summed E-state index contributed by atoms with van der Waals surface area (Å²) in [6, 6.07) is 23.0. The number of aromatic nitrogens is 2. The lowest BCUT2D eigenvalue weighted by Gasteiger charge is -2.30. The van der Waals surface area contributed by atoms with Crippen LogP contribution in [0, 0.1) is 0 Å². The van der Waals surface area contributed by atoms with Gasteiger partial charge in [-0.15, -0.1) is 11.3 Å². The normalized spacial score (nSPS) is 13.2. The van der Waals surface area contributed by atoms with Crippen LogP contribution in [0.2, 0.25) is 0 Å². The summed E-state index contributed by atoms with van der Waals surface area (Å²) in [5.41, 5.74) is 4.85. The maximum Gasteiger partial charge on any atom is 0.132 e. The number of nitrogens with zero attached hydrogens (tertiary/aromatic N) is 3. The molecule has 2 aromatic heterocycles. The van der Waals surface area contributed by atoms with Gasteiger partial charge < -0.3 is 9.64 Å². The van der Waals surface area contributed by atoms with Gasteiger partial charge in [-0.2, -0.15) is 0 Å². The van der Waals surface area contributed by atoms with E-state index < -0.39 is 0 Å². The van der Waals surface area contributed by atoms with E-state index in [1.807, 2.05) is 18.2 Å².